The highest BCUT2D eigenvalue weighted by Crippen LogP contribution is 2.17. The maximum absolute atomic E-state index is 12.8. The number of carbonyl (C=O) groups is 3. The molecule has 0 fully saturated rings. The van der Waals surface area contributed by atoms with Crippen molar-refractivity contribution in [2.75, 3.05) is 13.2 Å². The summed E-state index contributed by atoms with van der Waals surface area (Å²) in [6.45, 7) is 6.59. The maximum atomic E-state index is 12.8. The van der Waals surface area contributed by atoms with Crippen molar-refractivity contribution >= 4 is 17.9 Å². The second kappa shape index (κ2) is 62.9. The normalized spacial score (nSPS) is 12.3. The molecule has 0 aromatic heterocycles. The van der Waals surface area contributed by atoms with E-state index >= 15 is 0 Å². The van der Waals surface area contributed by atoms with Gasteiger partial charge in [-0.05, 0) is 83.5 Å². The Kier molecular flexibility index (Phi) is 60.7. The molecule has 0 amide bonds. The van der Waals surface area contributed by atoms with Crippen molar-refractivity contribution < 1.29 is 28.6 Å². The molecule has 6 heteroatoms. The van der Waals surface area contributed by atoms with Gasteiger partial charge in [0, 0.05) is 19.3 Å². The molecule has 1 unspecified atom stereocenters. The number of esters is 3. The summed E-state index contributed by atoms with van der Waals surface area (Å²) in [6, 6.07) is 0. The van der Waals surface area contributed by atoms with Crippen molar-refractivity contribution in [1.82, 2.24) is 0 Å². The van der Waals surface area contributed by atoms with Crippen LogP contribution in [0.5, 0.6) is 0 Å². The zero-order valence-corrected chi connectivity index (χ0v) is 49.6. The van der Waals surface area contributed by atoms with Gasteiger partial charge in [0.15, 0.2) is 6.10 Å². The predicted octanol–water partition coefficient (Wildman–Crippen LogP) is 22.2. The summed E-state index contributed by atoms with van der Waals surface area (Å²) in [5, 5.41) is 0. The Morgan fingerprint density at radius 3 is 0.770 bits per heavy atom. The zero-order chi connectivity index (χ0) is 53.6. The third kappa shape index (κ3) is 60.2. The lowest BCUT2D eigenvalue weighted by molar-refractivity contribution is -0.167. The summed E-state index contributed by atoms with van der Waals surface area (Å²) in [4.78, 5) is 38.0. The van der Waals surface area contributed by atoms with Crippen LogP contribution in [0.3, 0.4) is 0 Å². The Morgan fingerprint density at radius 2 is 0.486 bits per heavy atom. The summed E-state index contributed by atoms with van der Waals surface area (Å²) in [5.74, 6) is -0.867. The molecule has 0 aromatic rings. The van der Waals surface area contributed by atoms with Crippen molar-refractivity contribution in [3.63, 3.8) is 0 Å². The molecule has 432 valence electrons. The van der Waals surface area contributed by atoms with Crippen LogP contribution in [0.15, 0.2) is 48.6 Å². The molecule has 0 bridgehead atoms. The predicted molar refractivity (Wildman–Crippen MR) is 321 cm³/mol. The van der Waals surface area contributed by atoms with E-state index in [4.69, 9.17) is 14.2 Å². The Balaban J connectivity index is 3.98. The van der Waals surface area contributed by atoms with E-state index in [-0.39, 0.29) is 31.1 Å². The van der Waals surface area contributed by atoms with E-state index in [0.29, 0.717) is 19.3 Å². The van der Waals surface area contributed by atoms with Crippen LogP contribution in [-0.4, -0.2) is 37.2 Å². The Morgan fingerprint density at radius 1 is 0.270 bits per heavy atom. The van der Waals surface area contributed by atoms with Gasteiger partial charge in [0.2, 0.25) is 0 Å². The fourth-order valence-corrected chi connectivity index (χ4v) is 9.62. The maximum Gasteiger partial charge on any atom is 0.306 e. The quantitative estimate of drug-likeness (QED) is 0.0261. The Labute approximate surface area is 460 Å². The number of hydrogen-bond acceptors (Lipinski definition) is 6. The summed E-state index contributed by atoms with van der Waals surface area (Å²) in [5.41, 5.74) is 0. The second-order valence-corrected chi connectivity index (χ2v) is 22.0. The minimum Gasteiger partial charge on any atom is -0.462 e. The standard InChI is InChI=1S/C68H124O6/c1-4-7-10-13-16-18-20-22-24-26-28-29-30-31-32-33-34-35-36-37-38-39-41-42-44-46-48-50-52-55-58-61-67(70)73-64-65(63-72-66(69)60-57-54-15-12-9-6-3)74-68(71)62-59-56-53-51-49-47-45-43-40-27-25-23-21-19-17-14-11-8-5-2/h17,19-20,22-23,25-26,28,65H,4-16,18,21,24,27,29-64H2,1-3H3/b19-17-,22-20-,25-23-,28-26-. The van der Waals surface area contributed by atoms with Gasteiger partial charge in [-0.15, -0.1) is 0 Å². The number of rotatable bonds is 60. The fourth-order valence-electron chi connectivity index (χ4n) is 9.62. The number of hydrogen-bond donors (Lipinski definition) is 0. The smallest absolute Gasteiger partial charge is 0.306 e. The molecule has 0 aliphatic carbocycles. The third-order valence-electron chi connectivity index (χ3n) is 14.6. The first-order valence-corrected chi connectivity index (χ1v) is 32.6. The van der Waals surface area contributed by atoms with E-state index in [9.17, 15) is 14.4 Å². The first kappa shape index (κ1) is 71.4. The largest absolute Gasteiger partial charge is 0.462 e. The summed E-state index contributed by atoms with van der Waals surface area (Å²) < 4.78 is 16.8. The second-order valence-electron chi connectivity index (χ2n) is 22.0. The third-order valence-corrected chi connectivity index (χ3v) is 14.6. The first-order valence-electron chi connectivity index (χ1n) is 32.6. The van der Waals surface area contributed by atoms with Crippen molar-refractivity contribution in [3.05, 3.63) is 48.6 Å². The molecular weight excluding hydrogens is 913 g/mol. The minimum absolute atomic E-state index is 0.0709. The van der Waals surface area contributed by atoms with Gasteiger partial charge in [-0.25, -0.2) is 0 Å². The van der Waals surface area contributed by atoms with Gasteiger partial charge in [0.25, 0.3) is 0 Å². The molecule has 6 nitrogen and oxygen atoms in total. The number of ether oxygens (including phenoxy) is 3. The molecular formula is C68H124O6. The van der Waals surface area contributed by atoms with Gasteiger partial charge in [0.05, 0.1) is 0 Å². The zero-order valence-electron chi connectivity index (χ0n) is 49.6. The van der Waals surface area contributed by atoms with Crippen molar-refractivity contribution in [1.29, 1.82) is 0 Å². The van der Waals surface area contributed by atoms with Gasteiger partial charge < -0.3 is 14.2 Å². The van der Waals surface area contributed by atoms with E-state index in [1.165, 1.54) is 238 Å². The molecule has 0 heterocycles. The van der Waals surface area contributed by atoms with Crippen molar-refractivity contribution in [3.8, 4) is 0 Å². The van der Waals surface area contributed by atoms with Gasteiger partial charge in [-0.1, -0.05) is 294 Å². The minimum atomic E-state index is -0.770. The number of allylic oxidation sites excluding steroid dienone is 8. The highest BCUT2D eigenvalue weighted by Gasteiger charge is 2.19. The van der Waals surface area contributed by atoms with Crippen molar-refractivity contribution in [2.24, 2.45) is 0 Å². The number of unbranched alkanes of at least 4 members (excludes halogenated alkanes) is 41. The van der Waals surface area contributed by atoms with Crippen LogP contribution in [0.4, 0.5) is 0 Å². The monoisotopic (exact) mass is 1040 g/mol. The molecule has 0 aromatic carbocycles. The Hall–Kier alpha value is -2.63. The summed E-state index contributed by atoms with van der Waals surface area (Å²) in [7, 11) is 0. The SMILES string of the molecule is CCCCC/C=C\C/C=C\CCCCCCCCCCCC(=O)OC(COC(=O)CCCCCCCC)COC(=O)CCCCCCCCCCCCCCCCCCCCC/C=C\C/C=C\CCCCCCC. The van der Waals surface area contributed by atoms with E-state index in [0.717, 1.165) is 70.6 Å². The fraction of sp³-hybridized carbons (Fsp3) is 0.838. The summed E-state index contributed by atoms with van der Waals surface area (Å²) in [6.07, 6.45) is 78.8. The molecule has 0 aliphatic heterocycles. The van der Waals surface area contributed by atoms with E-state index in [2.05, 4.69) is 69.4 Å². The first-order chi connectivity index (χ1) is 36.5. The highest BCUT2D eigenvalue weighted by atomic mass is 16.6. The molecule has 0 saturated carbocycles. The van der Waals surface area contributed by atoms with Crippen LogP contribution in [0.25, 0.3) is 0 Å². The average Bonchev–Trinajstić information content (AvgIpc) is 3.40. The average molecular weight is 1040 g/mol. The van der Waals surface area contributed by atoms with Crippen LogP contribution in [-0.2, 0) is 28.6 Å². The van der Waals surface area contributed by atoms with Gasteiger partial charge in [-0.2, -0.15) is 0 Å². The van der Waals surface area contributed by atoms with E-state index in [1.807, 2.05) is 0 Å². The molecule has 0 rings (SSSR count). The molecule has 74 heavy (non-hydrogen) atoms. The van der Waals surface area contributed by atoms with Crippen LogP contribution >= 0.6 is 0 Å². The topological polar surface area (TPSA) is 78.9 Å². The van der Waals surface area contributed by atoms with Crippen molar-refractivity contribution in [2.45, 2.75) is 354 Å². The Bertz CT molecular complexity index is 1280. The van der Waals surface area contributed by atoms with Gasteiger partial charge >= 0.3 is 17.9 Å². The molecule has 0 N–H and O–H groups in total. The van der Waals surface area contributed by atoms with E-state index < -0.39 is 6.10 Å². The lowest BCUT2D eigenvalue weighted by Crippen LogP contribution is -2.30. The molecule has 0 spiro atoms. The van der Waals surface area contributed by atoms with Crippen LogP contribution in [0.1, 0.15) is 348 Å². The van der Waals surface area contributed by atoms with Gasteiger partial charge in [0.1, 0.15) is 13.2 Å². The molecule has 0 saturated heterocycles. The highest BCUT2D eigenvalue weighted by molar-refractivity contribution is 5.71. The van der Waals surface area contributed by atoms with Crippen LogP contribution in [0, 0.1) is 0 Å². The molecule has 1 atom stereocenters. The van der Waals surface area contributed by atoms with Gasteiger partial charge in [-0.3, -0.25) is 14.4 Å². The molecule has 0 radical (unpaired) electrons. The number of carbonyl (C=O) groups excluding carboxylic acids is 3. The van der Waals surface area contributed by atoms with E-state index in [1.54, 1.807) is 0 Å². The van der Waals surface area contributed by atoms with Crippen LogP contribution in [0.2, 0.25) is 0 Å². The van der Waals surface area contributed by atoms with Crippen LogP contribution < -0.4 is 0 Å². The summed E-state index contributed by atoms with van der Waals surface area (Å²) >= 11 is 0. The molecule has 0 aliphatic rings. The lowest BCUT2D eigenvalue weighted by Gasteiger charge is -2.18. The lowest BCUT2D eigenvalue weighted by atomic mass is 10.0.